The molecule has 0 aliphatic heterocycles. The molecule has 0 unspecified atom stereocenters. The highest BCUT2D eigenvalue weighted by atomic mass is 32.2. The van der Waals surface area contributed by atoms with Gasteiger partial charge in [0.2, 0.25) is 5.91 Å². The lowest BCUT2D eigenvalue weighted by atomic mass is 9.86. The first-order valence-corrected chi connectivity index (χ1v) is 9.10. The van der Waals surface area contributed by atoms with Gasteiger partial charge < -0.3 is 5.32 Å². The second-order valence-corrected chi connectivity index (χ2v) is 6.99. The lowest BCUT2D eigenvalue weighted by molar-refractivity contribution is -0.119. The fraction of sp³-hybridized carbons (Fsp3) is 0.471. The normalized spacial score (nSPS) is 21.1. The fourth-order valence-electron chi connectivity index (χ4n) is 3.00. The summed E-state index contributed by atoms with van der Waals surface area (Å²) in [7, 11) is 0. The van der Waals surface area contributed by atoms with Crippen LogP contribution in [0.15, 0.2) is 41.8 Å². The monoisotopic (exact) mass is 330 g/mol. The summed E-state index contributed by atoms with van der Waals surface area (Å²) in [5, 5.41) is 12.0. The van der Waals surface area contributed by atoms with Gasteiger partial charge in [0, 0.05) is 11.7 Å². The van der Waals surface area contributed by atoms with Crippen molar-refractivity contribution in [3.63, 3.8) is 0 Å². The van der Waals surface area contributed by atoms with Crippen LogP contribution in [-0.4, -0.2) is 32.5 Å². The zero-order valence-corrected chi connectivity index (χ0v) is 14.1. The maximum absolute atomic E-state index is 12.2. The number of nitrogens with zero attached hydrogens (tertiary/aromatic N) is 3. The number of nitrogens with one attached hydrogen (secondary N) is 1. The quantitative estimate of drug-likeness (QED) is 0.856. The van der Waals surface area contributed by atoms with E-state index in [2.05, 4.69) is 22.4 Å². The lowest BCUT2D eigenvalue weighted by Crippen LogP contribution is -2.41. The van der Waals surface area contributed by atoms with E-state index in [9.17, 15) is 4.79 Å². The fourth-order valence-corrected chi connectivity index (χ4v) is 3.74. The van der Waals surface area contributed by atoms with Crippen LogP contribution in [0.1, 0.15) is 32.6 Å². The molecule has 1 fully saturated rings. The summed E-state index contributed by atoms with van der Waals surface area (Å²) in [5.74, 6) is 1.02. The van der Waals surface area contributed by atoms with Crippen molar-refractivity contribution in [1.82, 2.24) is 20.1 Å². The molecule has 0 bridgehead atoms. The topological polar surface area (TPSA) is 59.8 Å². The predicted molar refractivity (Wildman–Crippen MR) is 91.6 cm³/mol. The van der Waals surface area contributed by atoms with Crippen LogP contribution in [0.4, 0.5) is 0 Å². The molecule has 1 aliphatic rings. The number of para-hydroxylation sites is 1. The summed E-state index contributed by atoms with van der Waals surface area (Å²) in [6.45, 7) is 2.23. The van der Waals surface area contributed by atoms with Crippen LogP contribution >= 0.6 is 11.8 Å². The number of amides is 1. The van der Waals surface area contributed by atoms with Crippen LogP contribution in [0.3, 0.4) is 0 Å². The predicted octanol–water partition coefficient (Wildman–Crippen LogP) is 3.05. The lowest BCUT2D eigenvalue weighted by Gasteiger charge is -2.29. The summed E-state index contributed by atoms with van der Waals surface area (Å²) in [6.07, 6.45) is 6.48. The largest absolute Gasteiger partial charge is 0.352 e. The zero-order valence-electron chi connectivity index (χ0n) is 13.3. The van der Waals surface area contributed by atoms with E-state index in [1.165, 1.54) is 31.0 Å². The van der Waals surface area contributed by atoms with Crippen LogP contribution in [-0.2, 0) is 4.79 Å². The molecule has 122 valence electrons. The first kappa shape index (κ1) is 16.1. The SMILES string of the molecule is C[C@H]1CCCC[C@H]1NC(=O)CSc1nncn1-c1ccccc1. The Hall–Kier alpha value is -1.82. The van der Waals surface area contributed by atoms with E-state index in [1.807, 2.05) is 34.9 Å². The molecule has 23 heavy (non-hydrogen) atoms. The third-order valence-corrected chi connectivity index (χ3v) is 5.28. The molecule has 3 rings (SSSR count). The molecule has 6 heteroatoms. The van der Waals surface area contributed by atoms with E-state index in [4.69, 9.17) is 0 Å². The van der Waals surface area contributed by atoms with E-state index in [-0.39, 0.29) is 5.91 Å². The van der Waals surface area contributed by atoms with E-state index in [0.717, 1.165) is 17.3 Å². The summed E-state index contributed by atoms with van der Waals surface area (Å²) in [6, 6.07) is 10.2. The van der Waals surface area contributed by atoms with Crippen molar-refractivity contribution >= 4 is 17.7 Å². The number of carbonyl (C=O) groups is 1. The molecule has 0 spiro atoms. The first-order valence-electron chi connectivity index (χ1n) is 8.11. The Balaban J connectivity index is 1.57. The average molecular weight is 330 g/mol. The van der Waals surface area contributed by atoms with Crippen molar-refractivity contribution in [3.8, 4) is 5.69 Å². The van der Waals surface area contributed by atoms with Crippen LogP contribution < -0.4 is 5.32 Å². The van der Waals surface area contributed by atoms with Crippen LogP contribution in [0.5, 0.6) is 0 Å². The molecule has 2 aromatic rings. The van der Waals surface area contributed by atoms with E-state index in [0.29, 0.717) is 17.7 Å². The highest BCUT2D eigenvalue weighted by Crippen LogP contribution is 2.24. The van der Waals surface area contributed by atoms with E-state index < -0.39 is 0 Å². The van der Waals surface area contributed by atoms with Gasteiger partial charge in [-0.1, -0.05) is 49.7 Å². The number of hydrogen-bond acceptors (Lipinski definition) is 4. The first-order chi connectivity index (χ1) is 11.2. The van der Waals surface area contributed by atoms with Crippen molar-refractivity contribution in [1.29, 1.82) is 0 Å². The molecule has 1 aromatic carbocycles. The molecule has 1 heterocycles. The van der Waals surface area contributed by atoms with Gasteiger partial charge in [0.15, 0.2) is 5.16 Å². The van der Waals surface area contributed by atoms with Crippen molar-refractivity contribution in [2.45, 2.75) is 43.8 Å². The van der Waals surface area contributed by atoms with Crippen molar-refractivity contribution in [3.05, 3.63) is 36.7 Å². The number of hydrogen-bond donors (Lipinski definition) is 1. The number of aromatic nitrogens is 3. The van der Waals surface area contributed by atoms with Gasteiger partial charge in [0.1, 0.15) is 6.33 Å². The number of carbonyl (C=O) groups excluding carboxylic acids is 1. The smallest absolute Gasteiger partial charge is 0.230 e. The minimum absolute atomic E-state index is 0.0800. The maximum atomic E-state index is 12.2. The average Bonchev–Trinajstić information content (AvgIpc) is 3.04. The van der Waals surface area contributed by atoms with Gasteiger partial charge in [0.05, 0.1) is 5.75 Å². The molecule has 5 nitrogen and oxygen atoms in total. The number of thioether (sulfide) groups is 1. The highest BCUT2D eigenvalue weighted by molar-refractivity contribution is 7.99. The third kappa shape index (κ3) is 4.13. The second kappa shape index (κ2) is 7.64. The molecular weight excluding hydrogens is 308 g/mol. The Morgan fingerprint density at radius 3 is 2.87 bits per heavy atom. The van der Waals surface area contributed by atoms with Crippen LogP contribution in [0.2, 0.25) is 0 Å². The number of rotatable bonds is 5. The van der Waals surface area contributed by atoms with E-state index >= 15 is 0 Å². The van der Waals surface area contributed by atoms with Gasteiger partial charge in [-0.2, -0.15) is 0 Å². The Morgan fingerprint density at radius 2 is 2.09 bits per heavy atom. The molecule has 0 saturated heterocycles. The van der Waals surface area contributed by atoms with Gasteiger partial charge in [-0.3, -0.25) is 9.36 Å². The summed E-state index contributed by atoms with van der Waals surface area (Å²) < 4.78 is 1.90. The molecule has 1 N–H and O–H groups in total. The summed E-state index contributed by atoms with van der Waals surface area (Å²) in [5.41, 5.74) is 1.00. The minimum atomic E-state index is 0.0800. The Bertz CT molecular complexity index is 643. The molecule has 1 saturated carbocycles. The van der Waals surface area contributed by atoms with E-state index in [1.54, 1.807) is 6.33 Å². The summed E-state index contributed by atoms with van der Waals surface area (Å²) in [4.78, 5) is 12.2. The van der Waals surface area contributed by atoms with Crippen molar-refractivity contribution in [2.24, 2.45) is 5.92 Å². The molecule has 1 aromatic heterocycles. The molecule has 1 aliphatic carbocycles. The standard InChI is InChI=1S/C17H22N4OS/c1-13-7-5-6-10-15(13)19-16(22)11-23-17-20-18-12-21(17)14-8-3-2-4-9-14/h2-4,8-9,12-13,15H,5-7,10-11H2,1H3,(H,19,22)/t13-,15+/m0/s1. The summed E-state index contributed by atoms with van der Waals surface area (Å²) >= 11 is 1.42. The van der Waals surface area contributed by atoms with Crippen molar-refractivity contribution in [2.75, 3.05) is 5.75 Å². The van der Waals surface area contributed by atoms with Crippen molar-refractivity contribution < 1.29 is 4.79 Å². The van der Waals surface area contributed by atoms with Crippen LogP contribution in [0.25, 0.3) is 5.69 Å². The molecule has 0 radical (unpaired) electrons. The maximum Gasteiger partial charge on any atom is 0.230 e. The third-order valence-electron chi connectivity index (χ3n) is 4.34. The zero-order chi connectivity index (χ0) is 16.1. The Morgan fingerprint density at radius 1 is 1.30 bits per heavy atom. The number of benzene rings is 1. The minimum Gasteiger partial charge on any atom is -0.352 e. The molecule has 1 amide bonds. The Labute approximate surface area is 140 Å². The Kier molecular flexibility index (Phi) is 5.33. The van der Waals surface area contributed by atoms with Gasteiger partial charge in [0.25, 0.3) is 0 Å². The molecule has 2 atom stereocenters. The van der Waals surface area contributed by atoms with Gasteiger partial charge in [-0.25, -0.2) is 0 Å². The van der Waals surface area contributed by atoms with Gasteiger partial charge >= 0.3 is 0 Å². The van der Waals surface area contributed by atoms with Gasteiger partial charge in [-0.05, 0) is 30.9 Å². The second-order valence-electron chi connectivity index (χ2n) is 6.04. The van der Waals surface area contributed by atoms with Gasteiger partial charge in [-0.15, -0.1) is 10.2 Å². The highest BCUT2D eigenvalue weighted by Gasteiger charge is 2.22. The van der Waals surface area contributed by atoms with Crippen LogP contribution in [0, 0.1) is 5.92 Å². The molecular formula is C17H22N4OS.